The third-order valence-electron chi connectivity index (χ3n) is 3.46. The van der Waals surface area contributed by atoms with Gasteiger partial charge in [0, 0.05) is 12.5 Å². The van der Waals surface area contributed by atoms with Crippen LogP contribution in [-0.2, 0) is 5.67 Å². The molecule has 1 N–H and O–H groups in total. The molecule has 2 rings (SSSR count). The number of hydrogen-bond acceptors (Lipinski definition) is 2. The molecule has 0 amide bonds. The molecule has 0 aliphatic carbocycles. The van der Waals surface area contributed by atoms with Crippen LogP contribution in [0.5, 0.6) is 5.75 Å². The second-order valence-electron chi connectivity index (χ2n) is 4.50. The average molecular weight is 223 g/mol. The highest BCUT2D eigenvalue weighted by Gasteiger charge is 2.37. The van der Waals surface area contributed by atoms with Crippen LogP contribution in [-0.4, -0.2) is 20.2 Å². The zero-order valence-electron chi connectivity index (χ0n) is 9.79. The van der Waals surface area contributed by atoms with Crippen LogP contribution in [0.4, 0.5) is 4.39 Å². The van der Waals surface area contributed by atoms with Gasteiger partial charge in [-0.05, 0) is 37.6 Å². The molecule has 1 saturated heterocycles. The molecule has 0 saturated carbocycles. The topological polar surface area (TPSA) is 21.3 Å². The SMILES string of the molecule is COc1cccc(C(C)(F)C2CCNC2)c1. The first kappa shape index (κ1) is 11.4. The van der Waals surface area contributed by atoms with Crippen molar-refractivity contribution in [1.29, 1.82) is 0 Å². The van der Waals surface area contributed by atoms with E-state index >= 15 is 0 Å². The number of nitrogens with one attached hydrogen (secondary N) is 1. The van der Waals surface area contributed by atoms with Gasteiger partial charge in [0.15, 0.2) is 0 Å². The van der Waals surface area contributed by atoms with E-state index in [-0.39, 0.29) is 5.92 Å². The second-order valence-corrected chi connectivity index (χ2v) is 4.50. The van der Waals surface area contributed by atoms with Gasteiger partial charge in [0.05, 0.1) is 7.11 Å². The fraction of sp³-hybridized carbons (Fsp3) is 0.538. The first-order valence-electron chi connectivity index (χ1n) is 5.69. The quantitative estimate of drug-likeness (QED) is 0.850. The van der Waals surface area contributed by atoms with Gasteiger partial charge in [0.2, 0.25) is 0 Å². The van der Waals surface area contributed by atoms with E-state index in [9.17, 15) is 4.39 Å². The fourth-order valence-electron chi connectivity index (χ4n) is 2.28. The van der Waals surface area contributed by atoms with Crippen LogP contribution >= 0.6 is 0 Å². The van der Waals surface area contributed by atoms with E-state index in [2.05, 4.69) is 5.32 Å². The Labute approximate surface area is 95.8 Å². The largest absolute Gasteiger partial charge is 0.497 e. The van der Waals surface area contributed by atoms with Crippen molar-refractivity contribution in [3.63, 3.8) is 0 Å². The van der Waals surface area contributed by atoms with Gasteiger partial charge >= 0.3 is 0 Å². The van der Waals surface area contributed by atoms with Crippen LogP contribution in [0.2, 0.25) is 0 Å². The number of hydrogen-bond donors (Lipinski definition) is 1. The first-order valence-corrected chi connectivity index (χ1v) is 5.69. The van der Waals surface area contributed by atoms with Crippen molar-refractivity contribution >= 4 is 0 Å². The molecule has 3 heteroatoms. The molecule has 0 bridgehead atoms. The van der Waals surface area contributed by atoms with Crippen LogP contribution in [0.25, 0.3) is 0 Å². The molecule has 16 heavy (non-hydrogen) atoms. The van der Waals surface area contributed by atoms with Crippen LogP contribution in [0.3, 0.4) is 0 Å². The normalized spacial score (nSPS) is 24.1. The smallest absolute Gasteiger partial charge is 0.137 e. The molecule has 0 radical (unpaired) electrons. The number of benzene rings is 1. The summed E-state index contributed by atoms with van der Waals surface area (Å²) in [6.07, 6.45) is 0.893. The van der Waals surface area contributed by atoms with E-state index in [0.717, 1.165) is 19.5 Å². The first-order chi connectivity index (χ1) is 7.64. The van der Waals surface area contributed by atoms with Gasteiger partial charge in [-0.2, -0.15) is 0 Å². The number of alkyl halides is 1. The summed E-state index contributed by atoms with van der Waals surface area (Å²) in [4.78, 5) is 0. The standard InChI is InChI=1S/C13H18FNO/c1-13(14,11-6-7-15-9-11)10-4-3-5-12(8-10)16-2/h3-5,8,11,15H,6-7,9H2,1-2H3. The lowest BCUT2D eigenvalue weighted by molar-refractivity contribution is 0.112. The molecule has 1 aliphatic heterocycles. The average Bonchev–Trinajstić information content (AvgIpc) is 2.83. The summed E-state index contributed by atoms with van der Waals surface area (Å²) in [5.74, 6) is 0.770. The molecule has 2 nitrogen and oxygen atoms in total. The van der Waals surface area contributed by atoms with Gasteiger partial charge < -0.3 is 10.1 Å². The molecule has 1 heterocycles. The maximum absolute atomic E-state index is 14.7. The Kier molecular flexibility index (Phi) is 3.15. The molecule has 2 atom stereocenters. The number of halogens is 1. The summed E-state index contributed by atoms with van der Waals surface area (Å²) in [6.45, 7) is 3.33. The van der Waals surface area contributed by atoms with Crippen molar-refractivity contribution < 1.29 is 9.13 Å². The predicted molar refractivity (Wildman–Crippen MR) is 62.4 cm³/mol. The zero-order valence-corrected chi connectivity index (χ0v) is 9.79. The van der Waals surface area contributed by atoms with Crippen molar-refractivity contribution in [3.8, 4) is 5.75 Å². The summed E-state index contributed by atoms with van der Waals surface area (Å²) in [7, 11) is 1.60. The molecule has 1 fully saturated rings. The fourth-order valence-corrected chi connectivity index (χ4v) is 2.28. The lowest BCUT2D eigenvalue weighted by atomic mass is 9.84. The van der Waals surface area contributed by atoms with Crippen molar-refractivity contribution in [1.82, 2.24) is 5.32 Å². The lowest BCUT2D eigenvalue weighted by Gasteiger charge is -2.27. The van der Waals surface area contributed by atoms with Gasteiger partial charge in [0.1, 0.15) is 11.4 Å². The molecule has 1 aromatic rings. The minimum Gasteiger partial charge on any atom is -0.497 e. The van der Waals surface area contributed by atoms with E-state index in [1.807, 2.05) is 18.2 Å². The van der Waals surface area contributed by atoms with Gasteiger partial charge in [-0.1, -0.05) is 12.1 Å². The van der Waals surface area contributed by atoms with Crippen molar-refractivity contribution in [3.05, 3.63) is 29.8 Å². The predicted octanol–water partition coefficient (Wildman–Crippen LogP) is 2.49. The zero-order chi connectivity index (χ0) is 11.6. The van der Waals surface area contributed by atoms with Gasteiger partial charge in [-0.3, -0.25) is 0 Å². The highest BCUT2D eigenvalue weighted by Crippen LogP contribution is 2.38. The van der Waals surface area contributed by atoms with E-state index in [1.54, 1.807) is 20.1 Å². The molecule has 0 spiro atoms. The Morgan fingerprint density at radius 3 is 2.94 bits per heavy atom. The maximum Gasteiger partial charge on any atom is 0.137 e. The number of methoxy groups -OCH3 is 1. The van der Waals surface area contributed by atoms with Gasteiger partial charge in [-0.15, -0.1) is 0 Å². The highest BCUT2D eigenvalue weighted by molar-refractivity contribution is 5.32. The van der Waals surface area contributed by atoms with Crippen molar-refractivity contribution in [2.75, 3.05) is 20.2 Å². The molecule has 2 unspecified atom stereocenters. The summed E-state index contributed by atoms with van der Waals surface area (Å²) in [5.41, 5.74) is -0.571. The Bertz CT molecular complexity index is 359. The second kappa shape index (κ2) is 4.42. The Balaban J connectivity index is 2.26. The Morgan fingerprint density at radius 2 is 2.31 bits per heavy atom. The van der Waals surface area contributed by atoms with E-state index in [0.29, 0.717) is 11.3 Å². The van der Waals surface area contributed by atoms with E-state index < -0.39 is 5.67 Å². The van der Waals surface area contributed by atoms with Crippen molar-refractivity contribution in [2.24, 2.45) is 5.92 Å². The molecular formula is C13H18FNO. The van der Waals surface area contributed by atoms with Crippen LogP contribution < -0.4 is 10.1 Å². The van der Waals surface area contributed by atoms with E-state index in [1.165, 1.54) is 0 Å². The lowest BCUT2D eigenvalue weighted by Crippen LogP contribution is -2.28. The van der Waals surface area contributed by atoms with E-state index in [4.69, 9.17) is 4.74 Å². The third-order valence-corrected chi connectivity index (χ3v) is 3.46. The Morgan fingerprint density at radius 1 is 1.50 bits per heavy atom. The summed E-state index contributed by atoms with van der Waals surface area (Å²) in [5, 5.41) is 3.21. The maximum atomic E-state index is 14.7. The Hall–Kier alpha value is -1.09. The molecule has 1 aromatic carbocycles. The number of rotatable bonds is 3. The van der Waals surface area contributed by atoms with Crippen molar-refractivity contribution in [2.45, 2.75) is 19.0 Å². The van der Waals surface area contributed by atoms with Crippen LogP contribution in [0.15, 0.2) is 24.3 Å². The minimum atomic E-state index is -1.28. The highest BCUT2D eigenvalue weighted by atomic mass is 19.1. The molecule has 88 valence electrons. The molecule has 1 aliphatic rings. The monoisotopic (exact) mass is 223 g/mol. The number of ether oxygens (including phenoxy) is 1. The molecule has 0 aromatic heterocycles. The minimum absolute atomic E-state index is 0.0552. The van der Waals surface area contributed by atoms with Gasteiger partial charge in [-0.25, -0.2) is 4.39 Å². The summed E-state index contributed by atoms with van der Waals surface area (Å²) in [6, 6.07) is 7.31. The summed E-state index contributed by atoms with van der Waals surface area (Å²) >= 11 is 0. The summed E-state index contributed by atoms with van der Waals surface area (Å²) < 4.78 is 19.9. The van der Waals surface area contributed by atoms with Crippen LogP contribution in [0, 0.1) is 5.92 Å². The van der Waals surface area contributed by atoms with Crippen LogP contribution in [0.1, 0.15) is 18.9 Å². The molecular weight excluding hydrogens is 205 g/mol. The van der Waals surface area contributed by atoms with Gasteiger partial charge in [0.25, 0.3) is 0 Å². The third kappa shape index (κ3) is 2.05.